The van der Waals surface area contributed by atoms with Crippen LogP contribution in [0.2, 0.25) is 0 Å². The predicted octanol–water partition coefficient (Wildman–Crippen LogP) is 3.35. The van der Waals surface area contributed by atoms with Crippen molar-refractivity contribution in [3.63, 3.8) is 0 Å². The molecule has 0 aliphatic rings. The number of nitrogens with zero attached hydrogens (tertiary/aromatic N) is 3. The van der Waals surface area contributed by atoms with Crippen LogP contribution in [-0.2, 0) is 13.0 Å². The van der Waals surface area contributed by atoms with Crippen LogP contribution in [0.3, 0.4) is 0 Å². The second kappa shape index (κ2) is 8.15. The number of ether oxygens (including phenoxy) is 2. The minimum Gasteiger partial charge on any atom is -0.497 e. The summed E-state index contributed by atoms with van der Waals surface area (Å²) >= 11 is 0. The lowest BCUT2D eigenvalue weighted by Crippen LogP contribution is -2.09. The van der Waals surface area contributed by atoms with Gasteiger partial charge in [0.15, 0.2) is 5.82 Å². The number of aryl methyl sites for hydroxylation is 1. The number of rotatable bonds is 7. The molecule has 1 aromatic heterocycles. The fraction of sp³-hybridized carbons (Fsp3) is 0.211. The number of nitrogens with one attached hydrogen (secondary N) is 1. The average molecular weight is 351 g/mol. The Morgan fingerprint density at radius 3 is 2.54 bits per heavy atom. The molecule has 7 heteroatoms. The number of nitrogen functional groups attached to an aromatic ring is 1. The third-order valence-corrected chi connectivity index (χ3v) is 3.72. The van der Waals surface area contributed by atoms with Gasteiger partial charge >= 0.3 is 0 Å². The molecular weight excluding hydrogens is 330 g/mol. The minimum absolute atomic E-state index is 0.130. The van der Waals surface area contributed by atoms with Crippen molar-refractivity contribution in [2.45, 2.75) is 20.0 Å². The number of hydrogen-bond donors (Lipinski definition) is 2. The van der Waals surface area contributed by atoms with Crippen LogP contribution in [-0.4, -0.2) is 22.1 Å². The van der Waals surface area contributed by atoms with Gasteiger partial charge in [-0.25, -0.2) is 0 Å². The molecule has 3 aromatic rings. The molecule has 0 unspecified atom stereocenters. The Labute approximate surface area is 152 Å². The van der Waals surface area contributed by atoms with Crippen LogP contribution in [0.5, 0.6) is 11.5 Å². The van der Waals surface area contributed by atoms with E-state index in [1.165, 1.54) is 5.56 Å². The van der Waals surface area contributed by atoms with Crippen LogP contribution in [0.15, 0.2) is 48.5 Å². The monoisotopic (exact) mass is 351 g/mol. The largest absolute Gasteiger partial charge is 0.497 e. The Hall–Kier alpha value is -3.35. The van der Waals surface area contributed by atoms with Gasteiger partial charge in [-0.15, -0.1) is 0 Å². The summed E-state index contributed by atoms with van der Waals surface area (Å²) in [6.45, 7) is 2.31. The lowest BCUT2D eigenvalue weighted by atomic mass is 10.2. The van der Waals surface area contributed by atoms with Crippen LogP contribution in [0.4, 0.5) is 17.6 Å². The van der Waals surface area contributed by atoms with E-state index in [2.05, 4.69) is 27.2 Å². The van der Waals surface area contributed by atoms with Crippen molar-refractivity contribution in [3.8, 4) is 11.5 Å². The van der Waals surface area contributed by atoms with E-state index in [0.717, 1.165) is 23.6 Å². The molecule has 1 heterocycles. The maximum Gasteiger partial charge on any atom is 0.232 e. The molecule has 7 nitrogen and oxygen atoms in total. The highest BCUT2D eigenvalue weighted by molar-refractivity contribution is 5.56. The molecule has 0 saturated carbocycles. The number of nitrogens with two attached hydrogens (primary N) is 1. The molecule has 0 amide bonds. The molecule has 26 heavy (non-hydrogen) atoms. The lowest BCUT2D eigenvalue weighted by molar-refractivity contribution is 0.296. The van der Waals surface area contributed by atoms with E-state index in [9.17, 15) is 0 Å². The van der Waals surface area contributed by atoms with Gasteiger partial charge < -0.3 is 20.5 Å². The highest BCUT2D eigenvalue weighted by atomic mass is 16.5. The van der Waals surface area contributed by atoms with Gasteiger partial charge in [-0.1, -0.05) is 25.1 Å². The zero-order chi connectivity index (χ0) is 18.4. The summed E-state index contributed by atoms with van der Waals surface area (Å²) in [7, 11) is 1.61. The Balaban J connectivity index is 1.70. The molecule has 3 rings (SSSR count). The fourth-order valence-electron chi connectivity index (χ4n) is 2.36. The van der Waals surface area contributed by atoms with Crippen LogP contribution < -0.4 is 20.5 Å². The van der Waals surface area contributed by atoms with E-state index in [4.69, 9.17) is 15.2 Å². The van der Waals surface area contributed by atoms with E-state index in [1.54, 1.807) is 7.11 Å². The topological polar surface area (TPSA) is 95.2 Å². The molecular formula is C19H21N5O2. The number of anilines is 3. The maximum absolute atomic E-state index is 5.79. The molecule has 0 atom stereocenters. The molecule has 0 radical (unpaired) electrons. The molecule has 2 aromatic carbocycles. The predicted molar refractivity (Wildman–Crippen MR) is 101 cm³/mol. The van der Waals surface area contributed by atoms with Crippen molar-refractivity contribution in [2.75, 3.05) is 18.2 Å². The van der Waals surface area contributed by atoms with E-state index in [0.29, 0.717) is 11.8 Å². The summed E-state index contributed by atoms with van der Waals surface area (Å²) in [5, 5.41) is 3.10. The summed E-state index contributed by atoms with van der Waals surface area (Å²) in [4.78, 5) is 12.6. The maximum atomic E-state index is 5.79. The van der Waals surface area contributed by atoms with Crippen molar-refractivity contribution in [2.24, 2.45) is 0 Å². The second-order valence-corrected chi connectivity index (χ2v) is 5.58. The summed E-state index contributed by atoms with van der Waals surface area (Å²) in [5.74, 6) is 2.41. The third kappa shape index (κ3) is 4.60. The van der Waals surface area contributed by atoms with Crippen molar-refractivity contribution >= 4 is 17.6 Å². The smallest absolute Gasteiger partial charge is 0.232 e. The zero-order valence-corrected chi connectivity index (χ0v) is 14.8. The fourth-order valence-corrected chi connectivity index (χ4v) is 2.36. The molecule has 3 N–H and O–H groups in total. The number of aromatic nitrogens is 3. The first-order valence-electron chi connectivity index (χ1n) is 8.29. The second-order valence-electron chi connectivity index (χ2n) is 5.58. The van der Waals surface area contributed by atoms with E-state index in [-0.39, 0.29) is 12.6 Å². The Morgan fingerprint density at radius 2 is 1.81 bits per heavy atom. The van der Waals surface area contributed by atoms with Crippen molar-refractivity contribution in [1.82, 2.24) is 15.0 Å². The quantitative estimate of drug-likeness (QED) is 0.674. The van der Waals surface area contributed by atoms with Gasteiger partial charge in [0.25, 0.3) is 0 Å². The summed E-state index contributed by atoms with van der Waals surface area (Å²) in [6.07, 6.45) is 0.990. The van der Waals surface area contributed by atoms with Crippen molar-refractivity contribution in [1.29, 1.82) is 0 Å². The third-order valence-electron chi connectivity index (χ3n) is 3.72. The van der Waals surface area contributed by atoms with E-state index >= 15 is 0 Å². The van der Waals surface area contributed by atoms with Crippen LogP contribution in [0.25, 0.3) is 0 Å². The lowest BCUT2D eigenvalue weighted by Gasteiger charge is -2.09. The first-order valence-corrected chi connectivity index (χ1v) is 8.29. The first kappa shape index (κ1) is 17.5. The molecule has 134 valence electrons. The summed E-state index contributed by atoms with van der Waals surface area (Å²) in [5.41, 5.74) is 7.84. The minimum atomic E-state index is 0.130. The normalized spacial score (nSPS) is 10.4. The van der Waals surface area contributed by atoms with Gasteiger partial charge in [0.2, 0.25) is 11.9 Å². The van der Waals surface area contributed by atoms with Gasteiger partial charge in [0.1, 0.15) is 18.1 Å². The molecule has 0 fully saturated rings. The van der Waals surface area contributed by atoms with Gasteiger partial charge in [0.05, 0.1) is 7.11 Å². The Morgan fingerprint density at radius 1 is 1.00 bits per heavy atom. The Bertz CT molecular complexity index is 868. The standard InChI is InChI=1S/C19H21N5O2/c1-3-13-7-9-15(10-8-13)26-12-17-22-18(20)24-19(23-17)21-14-5-4-6-16(11-14)25-2/h4-11H,3,12H2,1-2H3,(H3,20,21,22,23,24). The van der Waals surface area contributed by atoms with Crippen LogP contribution >= 0.6 is 0 Å². The molecule has 0 saturated heterocycles. The highest BCUT2D eigenvalue weighted by Gasteiger charge is 2.07. The first-order chi connectivity index (χ1) is 12.7. The van der Waals surface area contributed by atoms with Crippen molar-refractivity contribution < 1.29 is 9.47 Å². The number of benzene rings is 2. The van der Waals surface area contributed by atoms with E-state index in [1.807, 2.05) is 48.5 Å². The van der Waals surface area contributed by atoms with E-state index < -0.39 is 0 Å². The van der Waals surface area contributed by atoms with Crippen LogP contribution in [0.1, 0.15) is 18.3 Å². The Kier molecular flexibility index (Phi) is 5.48. The number of hydrogen-bond acceptors (Lipinski definition) is 7. The molecule has 0 spiro atoms. The average Bonchev–Trinajstić information content (AvgIpc) is 2.66. The van der Waals surface area contributed by atoms with Gasteiger partial charge in [-0.3, -0.25) is 0 Å². The molecule has 0 bridgehead atoms. The summed E-state index contributed by atoms with van der Waals surface area (Å²) < 4.78 is 10.9. The number of methoxy groups -OCH3 is 1. The summed E-state index contributed by atoms with van der Waals surface area (Å²) in [6, 6.07) is 15.4. The van der Waals surface area contributed by atoms with Gasteiger partial charge in [0, 0.05) is 11.8 Å². The molecule has 0 aliphatic carbocycles. The zero-order valence-electron chi connectivity index (χ0n) is 14.8. The van der Waals surface area contributed by atoms with Crippen molar-refractivity contribution in [3.05, 3.63) is 59.9 Å². The SMILES string of the molecule is CCc1ccc(OCc2nc(N)nc(Nc3cccc(OC)c3)n2)cc1. The molecule has 0 aliphatic heterocycles. The van der Waals surface area contributed by atoms with Gasteiger partial charge in [-0.05, 0) is 36.2 Å². The highest BCUT2D eigenvalue weighted by Crippen LogP contribution is 2.20. The van der Waals surface area contributed by atoms with Crippen LogP contribution in [0, 0.1) is 0 Å². The van der Waals surface area contributed by atoms with Gasteiger partial charge in [-0.2, -0.15) is 15.0 Å².